The summed E-state index contributed by atoms with van der Waals surface area (Å²) < 4.78 is 0. The lowest BCUT2D eigenvalue weighted by Crippen LogP contribution is -2.46. The molecular weight excluding hydrogens is 449 g/mol. The average Bonchev–Trinajstić information content (AvgIpc) is 2.90. The predicted molar refractivity (Wildman–Crippen MR) is 115 cm³/mol. The Kier molecular flexibility index (Phi) is 9.70. The quantitative estimate of drug-likeness (QED) is 0.387. The number of aryl methyl sites for hydroxylation is 2. The van der Waals surface area contributed by atoms with Gasteiger partial charge < -0.3 is 15.5 Å². The first-order chi connectivity index (χ1) is 11.5. The van der Waals surface area contributed by atoms with Crippen molar-refractivity contribution in [3.63, 3.8) is 0 Å². The van der Waals surface area contributed by atoms with Gasteiger partial charge in [-0.3, -0.25) is 4.79 Å². The number of guanidine groups is 1. The van der Waals surface area contributed by atoms with Crippen LogP contribution in [0, 0.1) is 19.8 Å². The second kappa shape index (κ2) is 10.9. The Balaban J connectivity index is 0.00000312. The van der Waals surface area contributed by atoms with Gasteiger partial charge in [-0.15, -0.1) is 35.3 Å². The Morgan fingerprint density at radius 1 is 1.36 bits per heavy atom. The molecule has 2 rings (SSSR count). The third-order valence-corrected chi connectivity index (χ3v) is 5.50. The van der Waals surface area contributed by atoms with E-state index in [1.54, 1.807) is 18.4 Å². The van der Waals surface area contributed by atoms with Crippen molar-refractivity contribution in [1.29, 1.82) is 0 Å². The highest BCUT2D eigenvalue weighted by Crippen LogP contribution is 2.21. The van der Waals surface area contributed by atoms with Gasteiger partial charge in [-0.2, -0.15) is 0 Å². The van der Waals surface area contributed by atoms with Crippen LogP contribution in [-0.4, -0.2) is 48.4 Å². The second-order valence-corrected chi connectivity index (χ2v) is 7.51. The van der Waals surface area contributed by atoms with Gasteiger partial charge in [-0.25, -0.2) is 9.98 Å². The normalized spacial score (nSPS) is 15.7. The van der Waals surface area contributed by atoms with Crippen LogP contribution in [0.4, 0.5) is 0 Å². The third kappa shape index (κ3) is 6.73. The summed E-state index contributed by atoms with van der Waals surface area (Å²) in [5.74, 6) is 1.58. The summed E-state index contributed by atoms with van der Waals surface area (Å²) in [6.07, 6.45) is 2.70. The van der Waals surface area contributed by atoms with Gasteiger partial charge in [0.15, 0.2) is 5.96 Å². The predicted octanol–water partition coefficient (Wildman–Crippen LogP) is 2.69. The Morgan fingerprint density at radius 2 is 2.04 bits per heavy atom. The monoisotopic (exact) mass is 479 g/mol. The van der Waals surface area contributed by atoms with E-state index >= 15 is 0 Å². The largest absolute Gasteiger partial charge is 0.359 e. The number of rotatable bonds is 5. The smallest absolute Gasteiger partial charge is 0.220 e. The van der Waals surface area contributed by atoms with Crippen molar-refractivity contribution in [2.24, 2.45) is 10.9 Å². The van der Waals surface area contributed by atoms with Gasteiger partial charge in [-0.1, -0.05) is 0 Å². The summed E-state index contributed by atoms with van der Waals surface area (Å²) in [5.41, 5.74) is 1.10. The summed E-state index contributed by atoms with van der Waals surface area (Å²) in [4.78, 5) is 24.4. The molecule has 1 aromatic rings. The fourth-order valence-corrected chi connectivity index (χ4v) is 3.75. The van der Waals surface area contributed by atoms with Crippen LogP contribution in [0.15, 0.2) is 4.99 Å². The molecule has 0 spiro atoms. The maximum atomic E-state index is 11.5. The number of hydrogen-bond acceptors (Lipinski definition) is 4. The molecule has 0 atom stereocenters. The highest BCUT2D eigenvalue weighted by Gasteiger charge is 2.23. The Hall–Kier alpha value is -0.900. The van der Waals surface area contributed by atoms with Gasteiger partial charge in [0.2, 0.25) is 5.91 Å². The number of aliphatic imine (C=N–C) groups is 1. The number of amides is 1. The van der Waals surface area contributed by atoms with Crippen LogP contribution in [0.1, 0.15) is 41.8 Å². The van der Waals surface area contributed by atoms with E-state index in [0.717, 1.165) is 49.1 Å². The van der Waals surface area contributed by atoms with Crippen molar-refractivity contribution in [3.8, 4) is 0 Å². The average molecular weight is 479 g/mol. The molecule has 1 fully saturated rings. The first-order valence-electron chi connectivity index (χ1n) is 8.70. The zero-order valence-corrected chi connectivity index (χ0v) is 18.7. The molecule has 1 saturated heterocycles. The Bertz CT molecular complexity index is 562. The maximum absolute atomic E-state index is 11.5. The summed E-state index contributed by atoms with van der Waals surface area (Å²) in [6, 6.07) is 0. The molecule has 8 heteroatoms. The number of piperidine rings is 1. The topological polar surface area (TPSA) is 69.6 Å². The van der Waals surface area contributed by atoms with Crippen LogP contribution in [0.25, 0.3) is 0 Å². The van der Waals surface area contributed by atoms with Crippen molar-refractivity contribution in [2.45, 2.75) is 46.6 Å². The van der Waals surface area contributed by atoms with E-state index in [0.29, 0.717) is 18.9 Å². The zero-order valence-electron chi connectivity index (χ0n) is 15.6. The van der Waals surface area contributed by atoms with Gasteiger partial charge in [0.25, 0.3) is 0 Å². The van der Waals surface area contributed by atoms with E-state index in [4.69, 9.17) is 4.99 Å². The molecule has 25 heavy (non-hydrogen) atoms. The summed E-state index contributed by atoms with van der Waals surface area (Å²) in [7, 11) is 1.70. The summed E-state index contributed by atoms with van der Waals surface area (Å²) in [6.45, 7) is 9.61. The number of thiazole rings is 1. The number of halogens is 1. The first kappa shape index (κ1) is 22.1. The van der Waals surface area contributed by atoms with Crippen LogP contribution in [0.3, 0.4) is 0 Å². The van der Waals surface area contributed by atoms with Crippen LogP contribution in [-0.2, 0) is 11.3 Å². The number of carbonyl (C=O) groups is 1. The number of carbonyl (C=O) groups excluding carboxylic acids is 1. The van der Waals surface area contributed by atoms with Crippen LogP contribution < -0.4 is 10.6 Å². The lowest BCUT2D eigenvalue weighted by atomic mass is 9.93. The first-order valence-corrected chi connectivity index (χ1v) is 9.51. The van der Waals surface area contributed by atoms with E-state index < -0.39 is 0 Å². The van der Waals surface area contributed by atoms with Crippen molar-refractivity contribution in [3.05, 3.63) is 15.6 Å². The highest BCUT2D eigenvalue weighted by atomic mass is 127. The van der Waals surface area contributed by atoms with E-state index in [1.807, 2.05) is 6.92 Å². The number of hydrogen-bond donors (Lipinski definition) is 2. The molecular formula is C17H30IN5OS. The molecule has 0 aliphatic carbocycles. The van der Waals surface area contributed by atoms with Crippen LogP contribution in [0.5, 0.6) is 0 Å². The Morgan fingerprint density at radius 3 is 2.56 bits per heavy atom. The number of likely N-dealkylation sites (tertiary alicyclic amines) is 1. The lowest BCUT2D eigenvalue weighted by molar-refractivity contribution is -0.121. The van der Waals surface area contributed by atoms with Crippen molar-refractivity contribution < 1.29 is 4.79 Å². The number of nitrogens with zero attached hydrogens (tertiary/aromatic N) is 3. The van der Waals surface area contributed by atoms with E-state index in [1.165, 1.54) is 4.88 Å². The van der Waals surface area contributed by atoms with Gasteiger partial charge in [-0.05, 0) is 39.5 Å². The summed E-state index contributed by atoms with van der Waals surface area (Å²) >= 11 is 1.72. The minimum Gasteiger partial charge on any atom is -0.359 e. The van der Waals surface area contributed by atoms with Gasteiger partial charge in [0, 0.05) is 38.0 Å². The molecule has 1 aliphatic rings. The molecule has 142 valence electrons. The Labute approximate surface area is 171 Å². The highest BCUT2D eigenvalue weighted by molar-refractivity contribution is 14.0. The van der Waals surface area contributed by atoms with E-state index in [2.05, 4.69) is 34.4 Å². The van der Waals surface area contributed by atoms with E-state index in [-0.39, 0.29) is 29.9 Å². The molecule has 2 heterocycles. The second-order valence-electron chi connectivity index (χ2n) is 6.23. The minimum absolute atomic E-state index is 0. The molecule has 6 nitrogen and oxygen atoms in total. The van der Waals surface area contributed by atoms with Gasteiger partial charge in [0.1, 0.15) is 5.01 Å². The standard InChI is InChI=1S/C17H29N5OS.HI/c1-5-19-17(20-11-16-21-12(2)13(3)24-16)22-8-6-14(7-9-22)10-15(23)18-4;/h14H,5-11H2,1-4H3,(H,18,23)(H,19,20);1H. The van der Waals surface area contributed by atoms with Gasteiger partial charge in [0.05, 0.1) is 12.2 Å². The zero-order chi connectivity index (χ0) is 17.5. The summed E-state index contributed by atoms with van der Waals surface area (Å²) in [5, 5.41) is 7.17. The van der Waals surface area contributed by atoms with Crippen molar-refractivity contribution >= 4 is 47.2 Å². The lowest BCUT2D eigenvalue weighted by Gasteiger charge is -2.34. The van der Waals surface area contributed by atoms with Crippen LogP contribution in [0.2, 0.25) is 0 Å². The molecule has 0 aromatic carbocycles. The van der Waals surface area contributed by atoms with E-state index in [9.17, 15) is 4.79 Å². The molecule has 0 unspecified atom stereocenters. The molecule has 2 N–H and O–H groups in total. The van der Waals surface area contributed by atoms with Crippen molar-refractivity contribution in [1.82, 2.24) is 20.5 Å². The number of aromatic nitrogens is 1. The molecule has 1 aromatic heterocycles. The maximum Gasteiger partial charge on any atom is 0.220 e. The van der Waals surface area contributed by atoms with Crippen molar-refractivity contribution in [2.75, 3.05) is 26.7 Å². The third-order valence-electron chi connectivity index (χ3n) is 4.44. The molecule has 0 saturated carbocycles. The SMILES string of the molecule is CCNC(=NCc1nc(C)c(C)s1)N1CCC(CC(=O)NC)CC1.I. The number of nitrogens with one attached hydrogen (secondary N) is 2. The fraction of sp³-hybridized carbons (Fsp3) is 0.706. The molecule has 0 bridgehead atoms. The minimum atomic E-state index is 0. The molecule has 1 aliphatic heterocycles. The van der Waals surface area contributed by atoms with Gasteiger partial charge >= 0.3 is 0 Å². The van der Waals surface area contributed by atoms with Crippen LogP contribution >= 0.6 is 35.3 Å². The fourth-order valence-electron chi connectivity index (χ4n) is 2.89. The molecule has 1 amide bonds. The molecule has 0 radical (unpaired) electrons.